The Morgan fingerprint density at radius 1 is 1.57 bits per heavy atom. The van der Waals surface area contributed by atoms with Crippen molar-refractivity contribution in [3.63, 3.8) is 0 Å². The van der Waals surface area contributed by atoms with E-state index < -0.39 is 0 Å². The fraction of sp³-hybridized carbons (Fsp3) is 0.467. The standard InChI is InChI=1S/C15H19N3O2S/c1-17-15-12(8-16-17)3-5-18(13(15)9-20-2)14(19)7-11-4-6-21-10-11/h4,6,8,10,13H,3,5,7,9H2,1-2H3. The fourth-order valence-corrected chi connectivity index (χ4v) is 3.62. The largest absolute Gasteiger partial charge is 0.382 e. The number of ether oxygens (including phenoxy) is 1. The van der Waals surface area contributed by atoms with E-state index in [2.05, 4.69) is 5.10 Å². The molecule has 3 rings (SSSR count). The molecule has 1 unspecified atom stereocenters. The van der Waals surface area contributed by atoms with Gasteiger partial charge in [-0.25, -0.2) is 0 Å². The summed E-state index contributed by atoms with van der Waals surface area (Å²) in [5, 5.41) is 8.36. The first-order valence-electron chi connectivity index (χ1n) is 7.01. The van der Waals surface area contributed by atoms with Gasteiger partial charge < -0.3 is 9.64 Å². The number of thiophene rings is 1. The van der Waals surface area contributed by atoms with Gasteiger partial charge in [-0.05, 0) is 34.4 Å². The zero-order valence-electron chi connectivity index (χ0n) is 12.3. The van der Waals surface area contributed by atoms with Crippen LogP contribution in [0.3, 0.4) is 0 Å². The van der Waals surface area contributed by atoms with Crippen LogP contribution in [0.5, 0.6) is 0 Å². The van der Waals surface area contributed by atoms with Gasteiger partial charge >= 0.3 is 0 Å². The maximum Gasteiger partial charge on any atom is 0.227 e. The van der Waals surface area contributed by atoms with Crippen LogP contribution in [0.15, 0.2) is 23.0 Å². The predicted molar refractivity (Wildman–Crippen MR) is 81.3 cm³/mol. The topological polar surface area (TPSA) is 47.4 Å². The summed E-state index contributed by atoms with van der Waals surface area (Å²) in [5.74, 6) is 0.155. The quantitative estimate of drug-likeness (QED) is 0.865. The highest BCUT2D eigenvalue weighted by Crippen LogP contribution is 2.30. The molecule has 2 aromatic heterocycles. The normalized spacial score (nSPS) is 17.8. The van der Waals surface area contributed by atoms with Crippen molar-refractivity contribution in [2.75, 3.05) is 20.3 Å². The van der Waals surface area contributed by atoms with Gasteiger partial charge in [0.05, 0.1) is 31.0 Å². The number of aromatic nitrogens is 2. The van der Waals surface area contributed by atoms with E-state index in [1.807, 2.05) is 39.7 Å². The van der Waals surface area contributed by atoms with Crippen LogP contribution in [0, 0.1) is 0 Å². The molecule has 3 heterocycles. The van der Waals surface area contributed by atoms with Crippen molar-refractivity contribution in [3.8, 4) is 0 Å². The van der Waals surface area contributed by atoms with E-state index in [4.69, 9.17) is 4.74 Å². The number of nitrogens with zero attached hydrogens (tertiary/aromatic N) is 3. The van der Waals surface area contributed by atoms with E-state index >= 15 is 0 Å². The first kappa shape index (κ1) is 14.3. The Morgan fingerprint density at radius 2 is 2.43 bits per heavy atom. The molecule has 1 atom stereocenters. The molecule has 1 amide bonds. The molecule has 0 N–H and O–H groups in total. The predicted octanol–water partition coefficient (Wildman–Crippen LogP) is 1.80. The van der Waals surface area contributed by atoms with Gasteiger partial charge in [0.25, 0.3) is 0 Å². The number of rotatable bonds is 4. The van der Waals surface area contributed by atoms with E-state index in [-0.39, 0.29) is 11.9 Å². The van der Waals surface area contributed by atoms with Crippen LogP contribution in [0.2, 0.25) is 0 Å². The van der Waals surface area contributed by atoms with E-state index in [1.165, 1.54) is 5.56 Å². The van der Waals surface area contributed by atoms with Gasteiger partial charge in [-0.1, -0.05) is 0 Å². The van der Waals surface area contributed by atoms with Gasteiger partial charge in [-0.15, -0.1) is 0 Å². The number of carbonyl (C=O) groups is 1. The van der Waals surface area contributed by atoms with Crippen LogP contribution in [-0.4, -0.2) is 40.8 Å². The molecule has 2 aromatic rings. The minimum Gasteiger partial charge on any atom is -0.382 e. The van der Waals surface area contributed by atoms with Gasteiger partial charge in [0.2, 0.25) is 5.91 Å². The Kier molecular flexibility index (Phi) is 4.07. The summed E-state index contributed by atoms with van der Waals surface area (Å²) in [6, 6.07) is 1.96. The molecule has 0 saturated heterocycles. The molecule has 0 radical (unpaired) electrons. The molecule has 21 heavy (non-hydrogen) atoms. The van der Waals surface area contributed by atoms with Gasteiger partial charge in [-0.3, -0.25) is 9.48 Å². The lowest BCUT2D eigenvalue weighted by Gasteiger charge is -2.35. The average molecular weight is 305 g/mol. The highest BCUT2D eigenvalue weighted by molar-refractivity contribution is 7.07. The number of aryl methyl sites for hydroxylation is 1. The molecule has 1 aliphatic rings. The second kappa shape index (κ2) is 5.99. The maximum absolute atomic E-state index is 12.6. The molecule has 5 nitrogen and oxygen atoms in total. The highest BCUT2D eigenvalue weighted by atomic mass is 32.1. The molecule has 0 bridgehead atoms. The molecular weight excluding hydrogens is 286 g/mol. The number of amides is 1. The molecule has 6 heteroatoms. The third-order valence-electron chi connectivity index (χ3n) is 3.96. The number of hydrogen-bond acceptors (Lipinski definition) is 4. The van der Waals surface area contributed by atoms with E-state index in [9.17, 15) is 4.79 Å². The van der Waals surface area contributed by atoms with Gasteiger partial charge in [0, 0.05) is 20.7 Å². The van der Waals surface area contributed by atoms with Crippen LogP contribution in [-0.2, 0) is 29.4 Å². The summed E-state index contributed by atoms with van der Waals surface area (Å²) >= 11 is 1.62. The van der Waals surface area contributed by atoms with Gasteiger partial charge in [-0.2, -0.15) is 16.4 Å². The first-order valence-corrected chi connectivity index (χ1v) is 7.95. The third kappa shape index (κ3) is 2.73. The van der Waals surface area contributed by atoms with Crippen molar-refractivity contribution in [2.45, 2.75) is 18.9 Å². The van der Waals surface area contributed by atoms with Crippen molar-refractivity contribution in [1.29, 1.82) is 0 Å². The summed E-state index contributed by atoms with van der Waals surface area (Å²) in [6.45, 7) is 1.23. The summed E-state index contributed by atoms with van der Waals surface area (Å²) in [7, 11) is 3.60. The van der Waals surface area contributed by atoms with Crippen LogP contribution in [0.4, 0.5) is 0 Å². The molecule has 0 spiro atoms. The lowest BCUT2D eigenvalue weighted by atomic mass is 9.99. The molecule has 1 aliphatic heterocycles. The smallest absolute Gasteiger partial charge is 0.227 e. The van der Waals surface area contributed by atoms with E-state index in [0.29, 0.717) is 13.0 Å². The Bertz CT molecular complexity index is 621. The first-order chi connectivity index (χ1) is 10.2. The molecule has 0 saturated carbocycles. The van der Waals surface area contributed by atoms with Crippen molar-refractivity contribution < 1.29 is 9.53 Å². The second-order valence-corrected chi connectivity index (χ2v) is 6.08. The fourth-order valence-electron chi connectivity index (χ4n) is 2.95. The second-order valence-electron chi connectivity index (χ2n) is 5.30. The van der Waals surface area contributed by atoms with Crippen LogP contribution < -0.4 is 0 Å². The third-order valence-corrected chi connectivity index (χ3v) is 4.69. The molecule has 0 aromatic carbocycles. The minimum atomic E-state index is -0.0441. The summed E-state index contributed by atoms with van der Waals surface area (Å²) in [5.41, 5.74) is 3.40. The Balaban J connectivity index is 1.84. The SMILES string of the molecule is COCC1c2c(cnn2C)CCN1C(=O)Cc1ccsc1. The summed E-state index contributed by atoms with van der Waals surface area (Å²) in [6.07, 6.45) is 3.22. The zero-order valence-corrected chi connectivity index (χ0v) is 13.1. The Morgan fingerprint density at radius 3 is 3.14 bits per heavy atom. The molecular formula is C15H19N3O2S. The van der Waals surface area contributed by atoms with Crippen LogP contribution in [0.25, 0.3) is 0 Å². The Hall–Kier alpha value is -1.66. The summed E-state index contributed by atoms with van der Waals surface area (Å²) < 4.78 is 7.21. The van der Waals surface area contributed by atoms with Crippen LogP contribution >= 0.6 is 11.3 Å². The average Bonchev–Trinajstić information content (AvgIpc) is 3.10. The molecule has 0 aliphatic carbocycles. The summed E-state index contributed by atoms with van der Waals surface area (Å²) in [4.78, 5) is 14.6. The minimum absolute atomic E-state index is 0.0441. The number of fused-ring (bicyclic) bond motifs is 1. The molecule has 112 valence electrons. The number of carbonyl (C=O) groups excluding carboxylic acids is 1. The maximum atomic E-state index is 12.6. The Labute approximate surface area is 128 Å². The number of hydrogen-bond donors (Lipinski definition) is 0. The van der Waals surface area contributed by atoms with Crippen molar-refractivity contribution in [2.24, 2.45) is 7.05 Å². The van der Waals surface area contributed by atoms with Crippen LogP contribution in [0.1, 0.15) is 22.9 Å². The lowest BCUT2D eigenvalue weighted by Crippen LogP contribution is -2.43. The highest BCUT2D eigenvalue weighted by Gasteiger charge is 2.33. The van der Waals surface area contributed by atoms with E-state index in [1.54, 1.807) is 18.4 Å². The number of methoxy groups -OCH3 is 1. The van der Waals surface area contributed by atoms with Crippen molar-refractivity contribution >= 4 is 17.2 Å². The van der Waals surface area contributed by atoms with Crippen molar-refractivity contribution in [3.05, 3.63) is 39.8 Å². The van der Waals surface area contributed by atoms with Crippen molar-refractivity contribution in [1.82, 2.24) is 14.7 Å². The zero-order chi connectivity index (χ0) is 14.8. The molecule has 0 fully saturated rings. The van der Waals surface area contributed by atoms with Gasteiger partial charge in [0.15, 0.2) is 0 Å². The van der Waals surface area contributed by atoms with E-state index in [0.717, 1.165) is 24.2 Å². The lowest BCUT2D eigenvalue weighted by molar-refractivity contribution is -0.134. The van der Waals surface area contributed by atoms with Gasteiger partial charge in [0.1, 0.15) is 0 Å². The monoisotopic (exact) mass is 305 g/mol.